The van der Waals surface area contributed by atoms with Gasteiger partial charge in [-0.1, -0.05) is 6.07 Å². The number of rotatable bonds is 2. The van der Waals surface area contributed by atoms with Gasteiger partial charge in [-0.05, 0) is 17.7 Å². The lowest BCUT2D eigenvalue weighted by atomic mass is 10.1. The summed E-state index contributed by atoms with van der Waals surface area (Å²) in [6, 6.07) is 2.68. The molecule has 0 spiro atoms. The van der Waals surface area contributed by atoms with E-state index in [-0.39, 0.29) is 6.54 Å². The van der Waals surface area contributed by atoms with E-state index in [1.807, 2.05) is 0 Å². The molecule has 14 heavy (non-hydrogen) atoms. The van der Waals surface area contributed by atoms with Crippen molar-refractivity contribution in [1.29, 1.82) is 0 Å². The third-order valence-electron chi connectivity index (χ3n) is 1.65. The van der Waals surface area contributed by atoms with Gasteiger partial charge in [0, 0.05) is 6.54 Å². The molecular weight excluding hydrogens is 200 g/mol. The number of hydrogen-bond acceptors (Lipinski definition) is 2. The van der Waals surface area contributed by atoms with Gasteiger partial charge in [-0.3, -0.25) is 11.3 Å². The van der Waals surface area contributed by atoms with E-state index in [1.165, 1.54) is 6.07 Å². The van der Waals surface area contributed by atoms with Gasteiger partial charge in [0.05, 0.1) is 5.56 Å². The summed E-state index contributed by atoms with van der Waals surface area (Å²) in [5, 5.41) is 0. The van der Waals surface area contributed by atoms with E-state index in [2.05, 4.69) is 5.43 Å². The first-order chi connectivity index (χ1) is 6.45. The fourth-order valence-corrected chi connectivity index (χ4v) is 1.02. The van der Waals surface area contributed by atoms with E-state index < -0.39 is 17.6 Å². The summed E-state index contributed by atoms with van der Waals surface area (Å²) >= 11 is 0. The van der Waals surface area contributed by atoms with Crippen LogP contribution in [0.5, 0.6) is 0 Å². The van der Waals surface area contributed by atoms with Gasteiger partial charge in [-0.25, -0.2) is 4.39 Å². The Morgan fingerprint density at radius 3 is 2.36 bits per heavy atom. The lowest BCUT2D eigenvalue weighted by molar-refractivity contribution is -0.140. The molecule has 0 unspecified atom stereocenters. The van der Waals surface area contributed by atoms with Crippen LogP contribution in [0.1, 0.15) is 11.1 Å². The Bertz CT molecular complexity index is 322. The minimum atomic E-state index is -4.65. The lowest BCUT2D eigenvalue weighted by Crippen LogP contribution is -2.21. The quantitative estimate of drug-likeness (QED) is 0.442. The van der Waals surface area contributed by atoms with Gasteiger partial charge >= 0.3 is 6.18 Å². The summed E-state index contributed by atoms with van der Waals surface area (Å²) in [6.07, 6.45) is -4.65. The molecule has 2 nitrogen and oxygen atoms in total. The first-order valence-corrected chi connectivity index (χ1v) is 3.74. The first-order valence-electron chi connectivity index (χ1n) is 3.74. The van der Waals surface area contributed by atoms with Gasteiger partial charge in [0.2, 0.25) is 0 Å². The average molecular weight is 208 g/mol. The zero-order valence-electron chi connectivity index (χ0n) is 7.03. The van der Waals surface area contributed by atoms with Crippen molar-refractivity contribution in [3.8, 4) is 0 Å². The van der Waals surface area contributed by atoms with Gasteiger partial charge in [0.15, 0.2) is 0 Å². The van der Waals surface area contributed by atoms with Crippen molar-refractivity contribution in [1.82, 2.24) is 5.43 Å². The van der Waals surface area contributed by atoms with Crippen molar-refractivity contribution < 1.29 is 17.6 Å². The highest BCUT2D eigenvalue weighted by Crippen LogP contribution is 2.31. The Morgan fingerprint density at radius 1 is 1.29 bits per heavy atom. The monoisotopic (exact) mass is 208 g/mol. The highest BCUT2D eigenvalue weighted by Gasteiger charge is 2.33. The average Bonchev–Trinajstić information content (AvgIpc) is 2.02. The van der Waals surface area contributed by atoms with Crippen LogP contribution in [0.3, 0.4) is 0 Å². The summed E-state index contributed by atoms with van der Waals surface area (Å²) in [6.45, 7) is 0.120. The number of halogens is 4. The maximum absolute atomic E-state index is 12.9. The van der Waals surface area contributed by atoms with Crippen molar-refractivity contribution >= 4 is 0 Å². The SMILES string of the molecule is NNCc1ccc(C(F)(F)F)c(F)c1. The van der Waals surface area contributed by atoms with E-state index >= 15 is 0 Å². The van der Waals surface area contributed by atoms with Gasteiger partial charge < -0.3 is 0 Å². The van der Waals surface area contributed by atoms with Crippen LogP contribution >= 0.6 is 0 Å². The van der Waals surface area contributed by atoms with Crippen molar-refractivity contribution in [2.24, 2.45) is 5.84 Å². The Kier molecular flexibility index (Phi) is 3.07. The molecule has 6 heteroatoms. The van der Waals surface area contributed by atoms with E-state index in [4.69, 9.17) is 5.84 Å². The molecule has 0 saturated heterocycles. The van der Waals surface area contributed by atoms with Crippen LogP contribution < -0.4 is 11.3 Å². The molecule has 0 heterocycles. The number of hydrazine groups is 1. The second kappa shape index (κ2) is 3.93. The van der Waals surface area contributed by atoms with Gasteiger partial charge in [0.1, 0.15) is 5.82 Å². The van der Waals surface area contributed by atoms with Crippen LogP contribution in [-0.4, -0.2) is 0 Å². The number of benzene rings is 1. The minimum absolute atomic E-state index is 0.120. The molecule has 0 radical (unpaired) electrons. The standard InChI is InChI=1S/C8H8F4N2/c9-7-3-5(4-14-13)1-2-6(7)8(10,11)12/h1-3,14H,4,13H2. The zero-order chi connectivity index (χ0) is 10.8. The number of nitrogens with two attached hydrogens (primary N) is 1. The Labute approximate surface area is 77.7 Å². The third-order valence-corrected chi connectivity index (χ3v) is 1.65. The Morgan fingerprint density at radius 2 is 1.93 bits per heavy atom. The summed E-state index contributed by atoms with van der Waals surface area (Å²) < 4.78 is 49.1. The Hall–Kier alpha value is -1.14. The van der Waals surface area contributed by atoms with Crippen LogP contribution in [0, 0.1) is 5.82 Å². The number of hydrogen-bond donors (Lipinski definition) is 2. The van der Waals surface area contributed by atoms with Crippen LogP contribution in [0.4, 0.5) is 17.6 Å². The maximum Gasteiger partial charge on any atom is 0.419 e. The van der Waals surface area contributed by atoms with Crippen molar-refractivity contribution in [2.45, 2.75) is 12.7 Å². The molecule has 78 valence electrons. The molecule has 0 saturated carbocycles. The fraction of sp³-hybridized carbons (Fsp3) is 0.250. The predicted molar refractivity (Wildman–Crippen MR) is 42.4 cm³/mol. The number of alkyl halides is 3. The zero-order valence-corrected chi connectivity index (χ0v) is 7.03. The second-order valence-corrected chi connectivity index (χ2v) is 2.69. The molecule has 0 aliphatic heterocycles. The largest absolute Gasteiger partial charge is 0.419 e. The van der Waals surface area contributed by atoms with Gasteiger partial charge in [-0.15, -0.1) is 0 Å². The van der Waals surface area contributed by atoms with Gasteiger partial charge in [-0.2, -0.15) is 13.2 Å². The molecule has 0 aliphatic rings. The van der Waals surface area contributed by atoms with Crippen molar-refractivity contribution in [3.63, 3.8) is 0 Å². The van der Waals surface area contributed by atoms with E-state index in [0.29, 0.717) is 11.6 Å². The lowest BCUT2D eigenvalue weighted by Gasteiger charge is -2.08. The molecular formula is C8H8F4N2. The van der Waals surface area contributed by atoms with Crippen LogP contribution in [0.25, 0.3) is 0 Å². The van der Waals surface area contributed by atoms with Crippen LogP contribution in [-0.2, 0) is 12.7 Å². The van der Waals surface area contributed by atoms with Gasteiger partial charge in [0.25, 0.3) is 0 Å². The summed E-state index contributed by atoms with van der Waals surface area (Å²) in [4.78, 5) is 0. The second-order valence-electron chi connectivity index (χ2n) is 2.69. The topological polar surface area (TPSA) is 38.0 Å². The summed E-state index contributed by atoms with van der Waals surface area (Å²) in [5.41, 5.74) is 1.32. The van der Waals surface area contributed by atoms with E-state index in [9.17, 15) is 17.6 Å². The molecule has 0 amide bonds. The summed E-state index contributed by atoms with van der Waals surface area (Å²) in [5.74, 6) is 3.65. The molecule has 0 aliphatic carbocycles. The molecule has 1 aromatic rings. The highest BCUT2D eigenvalue weighted by atomic mass is 19.4. The molecule has 3 N–H and O–H groups in total. The smallest absolute Gasteiger partial charge is 0.271 e. The molecule has 0 fully saturated rings. The first kappa shape index (κ1) is 10.9. The molecule has 0 atom stereocenters. The minimum Gasteiger partial charge on any atom is -0.271 e. The molecule has 0 bridgehead atoms. The van der Waals surface area contributed by atoms with Crippen molar-refractivity contribution in [2.75, 3.05) is 0 Å². The maximum atomic E-state index is 12.9. The summed E-state index contributed by atoms with van der Waals surface area (Å²) in [7, 11) is 0. The highest BCUT2D eigenvalue weighted by molar-refractivity contribution is 5.26. The van der Waals surface area contributed by atoms with Crippen molar-refractivity contribution in [3.05, 3.63) is 35.1 Å². The third kappa shape index (κ3) is 2.43. The normalized spacial score (nSPS) is 11.8. The van der Waals surface area contributed by atoms with E-state index in [0.717, 1.165) is 6.07 Å². The van der Waals surface area contributed by atoms with E-state index in [1.54, 1.807) is 0 Å². The fourth-order valence-electron chi connectivity index (χ4n) is 1.02. The van der Waals surface area contributed by atoms with Crippen LogP contribution in [0.15, 0.2) is 18.2 Å². The predicted octanol–water partition coefficient (Wildman–Crippen LogP) is 1.81. The molecule has 0 aromatic heterocycles. The molecule has 1 rings (SSSR count). The molecule has 1 aromatic carbocycles. The Balaban J connectivity index is 3.02. The number of nitrogens with one attached hydrogen (secondary N) is 1. The van der Waals surface area contributed by atoms with Crippen LogP contribution in [0.2, 0.25) is 0 Å².